The van der Waals surface area contributed by atoms with Crippen molar-refractivity contribution in [3.63, 3.8) is 0 Å². The van der Waals surface area contributed by atoms with E-state index in [-0.39, 0.29) is 0 Å². The third kappa shape index (κ3) is 2.02. The first-order valence-electron chi connectivity index (χ1n) is 11.0. The number of fused-ring (bicyclic) bond motifs is 5. The molecule has 0 aromatic heterocycles. The Bertz CT molecular complexity index is 833. The lowest BCUT2D eigenvalue weighted by molar-refractivity contribution is 0.148. The average molecular weight is 343 g/mol. The summed E-state index contributed by atoms with van der Waals surface area (Å²) in [5, 5.41) is 0. The molecule has 0 spiro atoms. The number of hydrogen-bond donors (Lipinski definition) is 0. The van der Waals surface area contributed by atoms with Crippen LogP contribution in [0.1, 0.15) is 97.8 Å². The van der Waals surface area contributed by atoms with Crippen LogP contribution in [-0.4, -0.2) is 0 Å². The fourth-order valence-corrected chi connectivity index (χ4v) is 7.74. The van der Waals surface area contributed by atoms with Gasteiger partial charge in [-0.25, -0.2) is 0 Å². The summed E-state index contributed by atoms with van der Waals surface area (Å²) in [6.45, 7) is 0. The maximum absolute atomic E-state index is 2.51. The Morgan fingerprint density at radius 2 is 1.42 bits per heavy atom. The molecule has 4 bridgehead atoms. The van der Waals surface area contributed by atoms with Crippen LogP contribution in [0.15, 0.2) is 48.5 Å². The Morgan fingerprint density at radius 1 is 0.654 bits per heavy atom. The summed E-state index contributed by atoms with van der Waals surface area (Å²) in [5.74, 6) is 3.33. The molecule has 2 aromatic carbocycles. The molecule has 0 heteroatoms. The lowest BCUT2D eigenvalue weighted by atomic mass is 9.58. The van der Waals surface area contributed by atoms with Gasteiger partial charge in [-0.2, -0.15) is 0 Å². The third-order valence-electron chi connectivity index (χ3n) is 8.65. The minimum absolute atomic E-state index is 0.476. The molecule has 0 aliphatic heterocycles. The molecule has 1 saturated carbocycles. The van der Waals surface area contributed by atoms with Crippen molar-refractivity contribution in [2.45, 2.75) is 81.0 Å². The summed E-state index contributed by atoms with van der Waals surface area (Å²) in [6.07, 6.45) is 12.9. The second kappa shape index (κ2) is 5.72. The zero-order valence-corrected chi connectivity index (χ0v) is 15.8. The predicted octanol–water partition coefficient (Wildman–Crippen LogP) is 7.06. The van der Waals surface area contributed by atoms with Gasteiger partial charge in [0.15, 0.2) is 0 Å². The summed E-state index contributed by atoms with van der Waals surface area (Å²) < 4.78 is 0. The number of rotatable bonds is 1. The lowest BCUT2D eigenvalue weighted by Gasteiger charge is -2.45. The van der Waals surface area contributed by atoms with E-state index in [0.29, 0.717) is 5.41 Å². The van der Waals surface area contributed by atoms with Crippen LogP contribution in [0.4, 0.5) is 0 Å². The standard InChI is InChI=1S/C26H30/c1-2-11-22-20(9-1)18-7-5-12-23(22)25(15-14-18)26-16-6-8-19(17-26)21-10-3-4-13-24(21)26/h1-4,9-11,13,18-19,23,25H,5-8,12,14-17H2. The molecule has 6 rings (SSSR count). The summed E-state index contributed by atoms with van der Waals surface area (Å²) in [4.78, 5) is 0. The van der Waals surface area contributed by atoms with Crippen molar-refractivity contribution < 1.29 is 0 Å². The molecule has 4 aliphatic rings. The summed E-state index contributed by atoms with van der Waals surface area (Å²) in [7, 11) is 0. The largest absolute Gasteiger partial charge is 0.0620 e. The van der Waals surface area contributed by atoms with Crippen LogP contribution in [0.2, 0.25) is 0 Å². The second-order valence-corrected chi connectivity index (χ2v) is 9.58. The van der Waals surface area contributed by atoms with E-state index in [1.165, 1.54) is 57.8 Å². The van der Waals surface area contributed by atoms with Gasteiger partial charge in [0.2, 0.25) is 0 Å². The second-order valence-electron chi connectivity index (χ2n) is 9.58. The van der Waals surface area contributed by atoms with E-state index in [1.54, 1.807) is 22.3 Å². The molecule has 0 amide bonds. The molecule has 134 valence electrons. The minimum Gasteiger partial charge on any atom is -0.0620 e. The monoisotopic (exact) mass is 342 g/mol. The SMILES string of the molecule is c1ccc2c(c1)C1CCCC2C(C23CCCC(C2)c2ccccc23)CC1. The van der Waals surface area contributed by atoms with Gasteiger partial charge in [0, 0.05) is 0 Å². The van der Waals surface area contributed by atoms with Crippen molar-refractivity contribution in [3.8, 4) is 0 Å². The molecule has 4 aliphatic carbocycles. The van der Waals surface area contributed by atoms with Gasteiger partial charge >= 0.3 is 0 Å². The molecule has 26 heavy (non-hydrogen) atoms. The van der Waals surface area contributed by atoms with Gasteiger partial charge < -0.3 is 0 Å². The maximum atomic E-state index is 2.51. The average Bonchev–Trinajstić information content (AvgIpc) is 2.83. The fourth-order valence-electron chi connectivity index (χ4n) is 7.74. The van der Waals surface area contributed by atoms with Gasteiger partial charge in [0.1, 0.15) is 0 Å². The van der Waals surface area contributed by atoms with Crippen molar-refractivity contribution in [1.29, 1.82) is 0 Å². The summed E-state index contributed by atoms with van der Waals surface area (Å²) in [5.41, 5.74) is 7.40. The van der Waals surface area contributed by atoms with Crippen molar-refractivity contribution in [1.82, 2.24) is 0 Å². The highest BCUT2D eigenvalue weighted by Gasteiger charge is 2.53. The first kappa shape index (κ1) is 15.5. The Balaban J connectivity index is 1.52. The molecular weight excluding hydrogens is 312 g/mol. The van der Waals surface area contributed by atoms with E-state index in [9.17, 15) is 0 Å². The third-order valence-corrected chi connectivity index (χ3v) is 8.65. The molecular formula is C26H30. The van der Waals surface area contributed by atoms with Gasteiger partial charge in [-0.15, -0.1) is 0 Å². The van der Waals surface area contributed by atoms with Crippen LogP contribution in [0.5, 0.6) is 0 Å². The molecule has 5 unspecified atom stereocenters. The van der Waals surface area contributed by atoms with E-state index in [1.807, 2.05) is 0 Å². The predicted molar refractivity (Wildman–Crippen MR) is 108 cm³/mol. The first-order valence-corrected chi connectivity index (χ1v) is 11.0. The van der Waals surface area contributed by atoms with Crippen LogP contribution in [0, 0.1) is 5.92 Å². The minimum atomic E-state index is 0.476. The van der Waals surface area contributed by atoms with Crippen LogP contribution in [0.25, 0.3) is 0 Å². The zero-order valence-electron chi connectivity index (χ0n) is 15.8. The van der Waals surface area contributed by atoms with Crippen LogP contribution < -0.4 is 0 Å². The van der Waals surface area contributed by atoms with E-state index >= 15 is 0 Å². The van der Waals surface area contributed by atoms with Crippen molar-refractivity contribution >= 4 is 0 Å². The van der Waals surface area contributed by atoms with Gasteiger partial charge in [0.05, 0.1) is 0 Å². The smallest absolute Gasteiger partial charge is 0.000429 e. The Hall–Kier alpha value is -1.56. The van der Waals surface area contributed by atoms with Crippen LogP contribution >= 0.6 is 0 Å². The number of hydrogen-bond acceptors (Lipinski definition) is 0. The maximum Gasteiger partial charge on any atom is -0.000429 e. The topological polar surface area (TPSA) is 0 Å². The zero-order chi connectivity index (χ0) is 17.1. The molecule has 0 saturated heterocycles. The van der Waals surface area contributed by atoms with E-state index < -0.39 is 0 Å². The lowest BCUT2D eigenvalue weighted by Crippen LogP contribution is -2.38. The molecule has 1 fully saturated rings. The van der Waals surface area contributed by atoms with Crippen molar-refractivity contribution in [3.05, 3.63) is 70.8 Å². The van der Waals surface area contributed by atoms with E-state index in [0.717, 1.165) is 23.7 Å². The first-order chi connectivity index (χ1) is 12.9. The molecule has 0 heterocycles. The van der Waals surface area contributed by atoms with Gasteiger partial charge in [-0.05, 0) is 96.3 Å². The van der Waals surface area contributed by atoms with Gasteiger partial charge in [-0.1, -0.05) is 61.4 Å². The summed E-state index contributed by atoms with van der Waals surface area (Å²) >= 11 is 0. The molecule has 5 atom stereocenters. The highest BCUT2D eigenvalue weighted by molar-refractivity contribution is 5.47. The van der Waals surface area contributed by atoms with Gasteiger partial charge in [-0.3, -0.25) is 0 Å². The molecule has 0 N–H and O–H groups in total. The highest BCUT2D eigenvalue weighted by atomic mass is 14.6. The van der Waals surface area contributed by atoms with Crippen molar-refractivity contribution in [2.24, 2.45) is 5.92 Å². The van der Waals surface area contributed by atoms with Crippen molar-refractivity contribution in [2.75, 3.05) is 0 Å². The Morgan fingerprint density at radius 3 is 2.35 bits per heavy atom. The van der Waals surface area contributed by atoms with Crippen LogP contribution in [-0.2, 0) is 5.41 Å². The quantitative estimate of drug-likeness (QED) is 0.520. The Kier molecular flexibility index (Phi) is 3.41. The Labute approximate surface area is 158 Å². The molecule has 2 aromatic rings. The van der Waals surface area contributed by atoms with Gasteiger partial charge in [0.25, 0.3) is 0 Å². The fraction of sp³-hybridized carbons (Fsp3) is 0.538. The normalized spacial score (nSPS) is 37.5. The highest BCUT2D eigenvalue weighted by Crippen LogP contribution is 2.63. The molecule has 0 radical (unpaired) electrons. The molecule has 0 nitrogen and oxygen atoms in total. The summed E-state index contributed by atoms with van der Waals surface area (Å²) in [6, 6.07) is 19.1. The van der Waals surface area contributed by atoms with E-state index in [4.69, 9.17) is 0 Å². The number of benzene rings is 2. The van der Waals surface area contributed by atoms with E-state index in [2.05, 4.69) is 48.5 Å². The van der Waals surface area contributed by atoms with Crippen LogP contribution in [0.3, 0.4) is 0 Å².